The number of ether oxygens (including phenoxy) is 1. The summed E-state index contributed by atoms with van der Waals surface area (Å²) in [5.74, 6) is -0.602. The zero-order chi connectivity index (χ0) is 10.6. The number of nitrogens with one attached hydrogen (secondary N) is 1. The van der Waals surface area contributed by atoms with Crippen molar-refractivity contribution in [2.24, 2.45) is 5.50 Å². The van der Waals surface area contributed by atoms with E-state index < -0.39 is 19.7 Å². The van der Waals surface area contributed by atoms with Crippen molar-refractivity contribution in [1.82, 2.24) is 5.09 Å². The molecular formula is C6H15N2O4P. The second-order valence-corrected chi connectivity index (χ2v) is 4.46. The molecule has 0 saturated carbocycles. The third kappa shape index (κ3) is 6.72. The summed E-state index contributed by atoms with van der Waals surface area (Å²) in [5, 5.41) is 2.04. The van der Waals surface area contributed by atoms with Crippen molar-refractivity contribution in [2.45, 2.75) is 32.9 Å². The highest BCUT2D eigenvalue weighted by atomic mass is 31.2. The number of hydrogen-bond acceptors (Lipinski definition) is 3. The first kappa shape index (κ1) is 12.6. The predicted molar refractivity (Wildman–Crippen MR) is 47.8 cm³/mol. The van der Waals surface area contributed by atoms with Gasteiger partial charge in [-0.1, -0.05) is 0 Å². The van der Waals surface area contributed by atoms with E-state index in [1.165, 1.54) is 6.92 Å². The predicted octanol–water partition coefficient (Wildman–Crippen LogP) is -0.0248. The molecule has 0 bridgehead atoms. The van der Waals surface area contributed by atoms with E-state index in [0.717, 1.165) is 0 Å². The number of rotatable bonds is 4. The number of esters is 1. The van der Waals surface area contributed by atoms with E-state index in [4.69, 9.17) is 15.1 Å². The van der Waals surface area contributed by atoms with E-state index >= 15 is 0 Å². The Morgan fingerprint density at radius 2 is 2.00 bits per heavy atom. The molecule has 0 aromatic carbocycles. The zero-order valence-corrected chi connectivity index (χ0v) is 8.75. The van der Waals surface area contributed by atoms with Gasteiger partial charge in [0.2, 0.25) is 0 Å². The van der Waals surface area contributed by atoms with Gasteiger partial charge >= 0.3 is 13.6 Å². The zero-order valence-electron chi connectivity index (χ0n) is 7.85. The van der Waals surface area contributed by atoms with Crippen molar-refractivity contribution < 1.29 is 19.0 Å². The maximum Gasteiger partial charge on any atom is 0.336 e. The van der Waals surface area contributed by atoms with Crippen molar-refractivity contribution in [3.63, 3.8) is 0 Å². The van der Waals surface area contributed by atoms with Crippen molar-refractivity contribution in [1.29, 1.82) is 0 Å². The highest BCUT2D eigenvalue weighted by molar-refractivity contribution is 7.53. The van der Waals surface area contributed by atoms with Crippen LogP contribution in [0, 0.1) is 0 Å². The van der Waals surface area contributed by atoms with Crippen LogP contribution in [0.15, 0.2) is 0 Å². The standard InChI is InChI=1S/C6H15N2O4P/c1-4(2)12-6(9)5(3)8-13(7,10)11/h4-5H,1-3H3,(H4,7,8,10,11). The molecule has 0 spiro atoms. The molecule has 0 aliphatic carbocycles. The van der Waals surface area contributed by atoms with E-state index in [-0.39, 0.29) is 6.10 Å². The van der Waals surface area contributed by atoms with E-state index in [1.54, 1.807) is 13.8 Å². The number of nitrogens with two attached hydrogens (primary N) is 1. The van der Waals surface area contributed by atoms with Gasteiger partial charge in [-0.25, -0.2) is 10.6 Å². The first-order valence-corrected chi connectivity index (χ1v) is 5.55. The second-order valence-electron chi connectivity index (χ2n) is 2.96. The molecule has 4 N–H and O–H groups in total. The van der Waals surface area contributed by atoms with Crippen molar-refractivity contribution in [2.75, 3.05) is 0 Å². The molecule has 2 unspecified atom stereocenters. The Kier molecular flexibility index (Phi) is 4.56. The lowest BCUT2D eigenvalue weighted by Gasteiger charge is -2.16. The van der Waals surface area contributed by atoms with Gasteiger partial charge in [-0.2, -0.15) is 0 Å². The fourth-order valence-corrected chi connectivity index (χ4v) is 1.32. The lowest BCUT2D eigenvalue weighted by molar-refractivity contribution is -0.149. The highest BCUT2D eigenvalue weighted by Gasteiger charge is 2.22. The SMILES string of the molecule is CC(C)OC(=O)C(C)NP(N)(=O)O. The van der Waals surface area contributed by atoms with E-state index in [0.29, 0.717) is 0 Å². The summed E-state index contributed by atoms with van der Waals surface area (Å²) in [7, 11) is -3.87. The molecule has 6 nitrogen and oxygen atoms in total. The molecule has 7 heteroatoms. The highest BCUT2D eigenvalue weighted by Crippen LogP contribution is 2.24. The van der Waals surface area contributed by atoms with Gasteiger partial charge in [-0.3, -0.25) is 9.36 Å². The molecule has 0 radical (unpaired) electrons. The summed E-state index contributed by atoms with van der Waals surface area (Å²) in [6.07, 6.45) is -0.257. The van der Waals surface area contributed by atoms with Gasteiger partial charge in [0.15, 0.2) is 0 Å². The molecular weight excluding hydrogens is 195 g/mol. The largest absolute Gasteiger partial charge is 0.462 e. The van der Waals surface area contributed by atoms with Gasteiger partial charge < -0.3 is 9.63 Å². The quantitative estimate of drug-likeness (QED) is 0.445. The van der Waals surface area contributed by atoms with Crippen LogP contribution in [0.1, 0.15) is 20.8 Å². The third-order valence-electron chi connectivity index (χ3n) is 1.08. The lowest BCUT2D eigenvalue weighted by Crippen LogP contribution is -2.36. The van der Waals surface area contributed by atoms with E-state index in [1.807, 2.05) is 5.09 Å². The van der Waals surface area contributed by atoms with Crippen LogP contribution in [0.3, 0.4) is 0 Å². The van der Waals surface area contributed by atoms with Crippen molar-refractivity contribution >= 4 is 13.6 Å². The normalized spacial score (nSPS) is 18.0. The number of carbonyl (C=O) groups excluding carboxylic acids is 1. The first-order valence-electron chi connectivity index (χ1n) is 3.82. The van der Waals surface area contributed by atoms with Crippen LogP contribution in [0.25, 0.3) is 0 Å². The van der Waals surface area contributed by atoms with Crippen LogP contribution in [0.2, 0.25) is 0 Å². The molecule has 0 aromatic rings. The van der Waals surface area contributed by atoms with Gasteiger partial charge in [-0.15, -0.1) is 0 Å². The maximum atomic E-state index is 11.1. The van der Waals surface area contributed by atoms with Crippen LogP contribution in [0.4, 0.5) is 0 Å². The summed E-state index contributed by atoms with van der Waals surface area (Å²) in [5.41, 5.74) is 4.80. The number of hydrogen-bond donors (Lipinski definition) is 3. The van der Waals surface area contributed by atoms with Gasteiger partial charge in [-0.05, 0) is 20.8 Å². The molecule has 0 aliphatic heterocycles. The van der Waals surface area contributed by atoms with Crippen LogP contribution >= 0.6 is 7.67 Å². The Morgan fingerprint density at radius 1 is 1.54 bits per heavy atom. The lowest BCUT2D eigenvalue weighted by atomic mass is 10.4. The van der Waals surface area contributed by atoms with Crippen molar-refractivity contribution in [3.8, 4) is 0 Å². The Bertz CT molecular complexity index is 225. The minimum atomic E-state index is -3.87. The molecule has 2 atom stereocenters. The monoisotopic (exact) mass is 210 g/mol. The van der Waals surface area contributed by atoms with Gasteiger partial charge in [0.1, 0.15) is 6.04 Å². The molecule has 0 amide bonds. The third-order valence-corrected chi connectivity index (χ3v) is 1.84. The number of carbonyl (C=O) groups is 1. The molecule has 0 fully saturated rings. The maximum absolute atomic E-state index is 11.1. The van der Waals surface area contributed by atoms with Crippen LogP contribution in [-0.2, 0) is 14.1 Å². The summed E-state index contributed by atoms with van der Waals surface area (Å²) in [4.78, 5) is 19.7. The smallest absolute Gasteiger partial charge is 0.336 e. The Hall–Kier alpha value is -0.420. The van der Waals surface area contributed by atoms with Crippen molar-refractivity contribution in [3.05, 3.63) is 0 Å². The molecule has 0 heterocycles. The van der Waals surface area contributed by atoms with Gasteiger partial charge in [0, 0.05) is 0 Å². The van der Waals surface area contributed by atoms with E-state index in [9.17, 15) is 9.36 Å². The topological polar surface area (TPSA) is 102 Å². The Labute approximate surface area is 77.0 Å². The van der Waals surface area contributed by atoms with E-state index in [2.05, 4.69) is 0 Å². The van der Waals surface area contributed by atoms with Gasteiger partial charge in [0.25, 0.3) is 0 Å². The molecule has 0 aliphatic rings. The molecule has 78 valence electrons. The fourth-order valence-electron chi connectivity index (χ4n) is 0.665. The van der Waals surface area contributed by atoms with Crippen LogP contribution < -0.4 is 10.6 Å². The minimum absolute atomic E-state index is 0.257. The molecule has 0 rings (SSSR count). The summed E-state index contributed by atoms with van der Waals surface area (Å²) < 4.78 is 15.4. The summed E-state index contributed by atoms with van der Waals surface area (Å²) >= 11 is 0. The molecule has 0 saturated heterocycles. The summed E-state index contributed by atoms with van der Waals surface area (Å²) in [6.45, 7) is 4.78. The first-order chi connectivity index (χ1) is 5.72. The molecule has 0 aromatic heterocycles. The van der Waals surface area contributed by atoms with Crippen LogP contribution in [0.5, 0.6) is 0 Å². The Morgan fingerprint density at radius 3 is 2.31 bits per heavy atom. The summed E-state index contributed by atoms with van der Waals surface area (Å²) in [6, 6.07) is -0.886. The van der Waals surface area contributed by atoms with Crippen LogP contribution in [-0.4, -0.2) is 23.0 Å². The average molecular weight is 210 g/mol. The molecule has 13 heavy (non-hydrogen) atoms. The minimum Gasteiger partial charge on any atom is -0.462 e. The van der Waals surface area contributed by atoms with Gasteiger partial charge in [0.05, 0.1) is 6.10 Å². The fraction of sp³-hybridized carbons (Fsp3) is 0.833. The Balaban J connectivity index is 4.05. The second kappa shape index (κ2) is 4.72. The average Bonchev–Trinajstić information content (AvgIpc) is 1.81.